The molecule has 0 aliphatic carbocycles. The zero-order valence-corrected chi connectivity index (χ0v) is 7.97. The maximum Gasteiger partial charge on any atom is 0.252 e. The Morgan fingerprint density at radius 2 is 1.93 bits per heavy atom. The van der Waals surface area contributed by atoms with Crippen molar-refractivity contribution in [3.63, 3.8) is 0 Å². The summed E-state index contributed by atoms with van der Waals surface area (Å²) in [6.45, 7) is 1.80. The highest BCUT2D eigenvalue weighted by molar-refractivity contribution is 5.78. The Balaban J connectivity index is 2.90. The lowest BCUT2D eigenvalue weighted by Gasteiger charge is -2.12. The molecule has 2 N–H and O–H groups in total. The van der Waals surface area contributed by atoms with Crippen LogP contribution in [-0.2, 0) is 0 Å². The minimum absolute atomic E-state index is 0.0568. The first-order chi connectivity index (χ1) is 6.70. The number of pyridine rings is 1. The van der Waals surface area contributed by atoms with Crippen LogP contribution in [0.3, 0.4) is 0 Å². The van der Waals surface area contributed by atoms with Crippen LogP contribution in [0.5, 0.6) is 0 Å². The lowest BCUT2D eigenvalue weighted by molar-refractivity contribution is 0.572. The van der Waals surface area contributed by atoms with Crippen molar-refractivity contribution in [2.45, 2.75) is 13.1 Å². The second-order valence-electron chi connectivity index (χ2n) is 3.34. The van der Waals surface area contributed by atoms with Gasteiger partial charge in [0.15, 0.2) is 0 Å². The third-order valence-electron chi connectivity index (χ3n) is 2.25. The van der Waals surface area contributed by atoms with E-state index in [0.717, 1.165) is 10.9 Å². The molecule has 3 nitrogen and oxygen atoms in total. The Hall–Kier alpha value is -1.61. The summed E-state index contributed by atoms with van der Waals surface area (Å²) in [6.07, 6.45) is -0.298. The summed E-state index contributed by atoms with van der Waals surface area (Å²) >= 11 is 0. The van der Waals surface area contributed by atoms with Gasteiger partial charge >= 0.3 is 0 Å². The lowest BCUT2D eigenvalue weighted by atomic mass is 10.2. The minimum atomic E-state index is -0.298. The molecule has 1 aromatic carbocycles. The van der Waals surface area contributed by atoms with Gasteiger partial charge in [-0.15, -0.1) is 0 Å². The van der Waals surface area contributed by atoms with E-state index in [-0.39, 0.29) is 11.7 Å². The number of hydrogen-bond acceptors (Lipinski definition) is 2. The summed E-state index contributed by atoms with van der Waals surface area (Å²) in [5, 5.41) is 1.03. The van der Waals surface area contributed by atoms with Gasteiger partial charge in [0.25, 0.3) is 5.56 Å². The molecule has 1 atom stereocenters. The number of hydrogen-bond donors (Lipinski definition) is 1. The van der Waals surface area contributed by atoms with E-state index in [1.165, 1.54) is 0 Å². The predicted octanol–water partition coefficient (Wildman–Crippen LogP) is 1.48. The molecule has 0 aliphatic rings. The molecule has 0 aliphatic heterocycles. The SMILES string of the molecule is CC(N)n1c(=O)ccc2ccccc21. The fourth-order valence-electron chi connectivity index (χ4n) is 1.63. The van der Waals surface area contributed by atoms with Crippen LogP contribution in [0.1, 0.15) is 13.1 Å². The highest BCUT2D eigenvalue weighted by Crippen LogP contribution is 2.12. The third kappa shape index (κ3) is 1.32. The molecular weight excluding hydrogens is 176 g/mol. The van der Waals surface area contributed by atoms with Crippen LogP contribution < -0.4 is 11.3 Å². The average molecular weight is 188 g/mol. The molecule has 0 spiro atoms. The number of aromatic nitrogens is 1. The van der Waals surface area contributed by atoms with Crippen LogP contribution in [0.15, 0.2) is 41.2 Å². The molecule has 72 valence electrons. The molecule has 1 unspecified atom stereocenters. The second-order valence-corrected chi connectivity index (χ2v) is 3.34. The normalized spacial score (nSPS) is 13.0. The van der Waals surface area contributed by atoms with Gasteiger partial charge in [0, 0.05) is 6.07 Å². The van der Waals surface area contributed by atoms with Gasteiger partial charge in [0.1, 0.15) is 0 Å². The Morgan fingerprint density at radius 1 is 1.21 bits per heavy atom. The maximum atomic E-state index is 11.6. The van der Waals surface area contributed by atoms with Crippen molar-refractivity contribution in [3.05, 3.63) is 46.8 Å². The first-order valence-electron chi connectivity index (χ1n) is 4.56. The molecule has 0 bridgehead atoms. The van der Waals surface area contributed by atoms with Gasteiger partial charge in [-0.3, -0.25) is 9.36 Å². The van der Waals surface area contributed by atoms with Crippen molar-refractivity contribution in [3.8, 4) is 0 Å². The highest BCUT2D eigenvalue weighted by Gasteiger charge is 2.04. The first-order valence-corrected chi connectivity index (χ1v) is 4.56. The summed E-state index contributed by atoms with van der Waals surface area (Å²) in [7, 11) is 0. The summed E-state index contributed by atoms with van der Waals surface area (Å²) in [5.41, 5.74) is 6.57. The number of nitrogens with two attached hydrogens (primary N) is 1. The Bertz CT molecular complexity index is 514. The predicted molar refractivity (Wildman–Crippen MR) is 57.1 cm³/mol. The molecular formula is C11H12N2O. The number of benzene rings is 1. The fourth-order valence-corrected chi connectivity index (χ4v) is 1.63. The molecule has 0 fully saturated rings. The number of para-hydroxylation sites is 1. The summed E-state index contributed by atoms with van der Waals surface area (Å²) in [4.78, 5) is 11.6. The molecule has 0 saturated carbocycles. The molecule has 2 aromatic rings. The largest absolute Gasteiger partial charge is 0.311 e. The zero-order chi connectivity index (χ0) is 10.1. The topological polar surface area (TPSA) is 48.0 Å². The second kappa shape index (κ2) is 3.27. The van der Waals surface area contributed by atoms with Gasteiger partial charge in [-0.2, -0.15) is 0 Å². The van der Waals surface area contributed by atoms with Crippen LogP contribution in [-0.4, -0.2) is 4.57 Å². The van der Waals surface area contributed by atoms with Gasteiger partial charge in [0.05, 0.1) is 11.7 Å². The van der Waals surface area contributed by atoms with Crippen molar-refractivity contribution in [2.75, 3.05) is 0 Å². The number of rotatable bonds is 1. The molecule has 1 aromatic heterocycles. The molecule has 0 radical (unpaired) electrons. The van der Waals surface area contributed by atoms with Crippen molar-refractivity contribution in [2.24, 2.45) is 5.73 Å². The van der Waals surface area contributed by atoms with Crippen molar-refractivity contribution >= 4 is 10.9 Å². The van der Waals surface area contributed by atoms with Crippen LogP contribution >= 0.6 is 0 Å². The van der Waals surface area contributed by atoms with Crippen LogP contribution in [0.25, 0.3) is 10.9 Å². The van der Waals surface area contributed by atoms with E-state index in [1.54, 1.807) is 17.6 Å². The highest BCUT2D eigenvalue weighted by atomic mass is 16.1. The first kappa shape index (κ1) is 8.97. The fraction of sp³-hybridized carbons (Fsp3) is 0.182. The summed E-state index contributed by atoms with van der Waals surface area (Å²) in [5.74, 6) is 0. The Morgan fingerprint density at radius 3 is 2.64 bits per heavy atom. The van der Waals surface area contributed by atoms with Gasteiger partial charge in [0.2, 0.25) is 0 Å². The molecule has 2 rings (SSSR count). The van der Waals surface area contributed by atoms with E-state index >= 15 is 0 Å². The van der Waals surface area contributed by atoms with E-state index in [1.807, 2.05) is 30.3 Å². The van der Waals surface area contributed by atoms with Gasteiger partial charge in [-0.25, -0.2) is 0 Å². The lowest BCUT2D eigenvalue weighted by Crippen LogP contribution is -2.27. The Labute approximate surface area is 81.8 Å². The van der Waals surface area contributed by atoms with Crippen molar-refractivity contribution in [1.82, 2.24) is 4.57 Å². The van der Waals surface area contributed by atoms with Gasteiger partial charge < -0.3 is 5.73 Å². The smallest absolute Gasteiger partial charge is 0.252 e. The van der Waals surface area contributed by atoms with E-state index in [2.05, 4.69) is 0 Å². The van der Waals surface area contributed by atoms with Gasteiger partial charge in [-0.05, 0) is 24.4 Å². The zero-order valence-electron chi connectivity index (χ0n) is 7.97. The standard InChI is InChI=1S/C11H12N2O/c1-8(12)13-10-5-3-2-4-9(10)6-7-11(13)14/h2-8H,12H2,1H3. The van der Waals surface area contributed by atoms with Crippen LogP contribution in [0.4, 0.5) is 0 Å². The number of nitrogens with zero attached hydrogens (tertiary/aromatic N) is 1. The maximum absolute atomic E-state index is 11.6. The minimum Gasteiger partial charge on any atom is -0.311 e. The molecule has 14 heavy (non-hydrogen) atoms. The van der Waals surface area contributed by atoms with E-state index in [9.17, 15) is 4.79 Å². The van der Waals surface area contributed by atoms with Crippen LogP contribution in [0, 0.1) is 0 Å². The summed E-state index contributed by atoms with van der Waals surface area (Å²) in [6, 6.07) is 11.1. The number of fused-ring (bicyclic) bond motifs is 1. The van der Waals surface area contributed by atoms with Gasteiger partial charge in [-0.1, -0.05) is 18.2 Å². The van der Waals surface area contributed by atoms with Crippen molar-refractivity contribution in [1.29, 1.82) is 0 Å². The van der Waals surface area contributed by atoms with Crippen molar-refractivity contribution < 1.29 is 0 Å². The monoisotopic (exact) mass is 188 g/mol. The quantitative estimate of drug-likeness (QED) is 0.736. The Kier molecular flexibility index (Phi) is 2.09. The van der Waals surface area contributed by atoms with E-state index in [4.69, 9.17) is 5.73 Å². The average Bonchev–Trinajstić information content (AvgIpc) is 2.17. The molecule has 3 heteroatoms. The molecule has 1 heterocycles. The van der Waals surface area contributed by atoms with Crippen LogP contribution in [0.2, 0.25) is 0 Å². The van der Waals surface area contributed by atoms with E-state index in [0.29, 0.717) is 0 Å². The van der Waals surface area contributed by atoms with E-state index < -0.39 is 0 Å². The molecule has 0 amide bonds. The summed E-state index contributed by atoms with van der Waals surface area (Å²) < 4.78 is 1.59. The molecule has 0 saturated heterocycles. The third-order valence-corrected chi connectivity index (χ3v) is 2.25.